The number of nitrogens with zero attached hydrogens (tertiary/aromatic N) is 3. The molecule has 2 atom stereocenters. The fourth-order valence-corrected chi connectivity index (χ4v) is 2.83. The highest BCUT2D eigenvalue weighted by Gasteiger charge is 2.24. The van der Waals surface area contributed by atoms with Crippen molar-refractivity contribution in [1.82, 2.24) is 14.8 Å². The molecule has 0 bridgehead atoms. The van der Waals surface area contributed by atoms with E-state index in [-0.39, 0.29) is 0 Å². The molecule has 1 aliphatic carbocycles. The molecule has 16 heavy (non-hydrogen) atoms. The first-order valence-electron chi connectivity index (χ1n) is 6.16. The lowest BCUT2D eigenvalue weighted by Crippen LogP contribution is -2.12. The third kappa shape index (κ3) is 2.40. The summed E-state index contributed by atoms with van der Waals surface area (Å²) in [7, 11) is 0. The summed E-state index contributed by atoms with van der Waals surface area (Å²) in [5.41, 5.74) is 0. The van der Waals surface area contributed by atoms with Gasteiger partial charge in [0.1, 0.15) is 5.82 Å². The van der Waals surface area contributed by atoms with Gasteiger partial charge >= 0.3 is 0 Å². The van der Waals surface area contributed by atoms with E-state index in [1.54, 1.807) is 0 Å². The Bertz CT molecular complexity index is 359. The number of hydrogen-bond acceptors (Lipinski definition) is 2. The molecule has 1 aromatic heterocycles. The minimum absolute atomic E-state index is 0.388. The van der Waals surface area contributed by atoms with Gasteiger partial charge in [-0.2, -0.15) is 0 Å². The highest BCUT2D eigenvalue weighted by Crippen LogP contribution is 2.32. The lowest BCUT2D eigenvalue weighted by molar-refractivity contribution is 0.428. The molecule has 1 aliphatic rings. The predicted molar refractivity (Wildman–Crippen MR) is 65.6 cm³/mol. The van der Waals surface area contributed by atoms with Crippen LogP contribution in [0.5, 0.6) is 0 Å². The quantitative estimate of drug-likeness (QED) is 0.811. The average Bonchev–Trinajstić information content (AvgIpc) is 2.76. The van der Waals surface area contributed by atoms with Crippen LogP contribution in [0.2, 0.25) is 5.28 Å². The first-order chi connectivity index (χ1) is 7.58. The van der Waals surface area contributed by atoms with Crippen LogP contribution in [0.15, 0.2) is 0 Å². The Morgan fingerprint density at radius 2 is 2.12 bits per heavy atom. The molecule has 0 aromatic carbocycles. The van der Waals surface area contributed by atoms with E-state index in [1.807, 2.05) is 0 Å². The Balaban J connectivity index is 2.11. The van der Waals surface area contributed by atoms with Gasteiger partial charge in [0.15, 0.2) is 0 Å². The maximum absolute atomic E-state index is 6.09. The zero-order valence-corrected chi connectivity index (χ0v) is 11.0. The van der Waals surface area contributed by atoms with Gasteiger partial charge in [-0.15, -0.1) is 10.2 Å². The monoisotopic (exact) mass is 241 g/mol. The first-order valence-corrected chi connectivity index (χ1v) is 6.54. The molecule has 0 spiro atoms. The summed E-state index contributed by atoms with van der Waals surface area (Å²) >= 11 is 6.09. The number of rotatable bonds is 3. The molecule has 0 aliphatic heterocycles. The highest BCUT2D eigenvalue weighted by molar-refractivity contribution is 6.28. The van der Waals surface area contributed by atoms with Crippen LogP contribution in [0.1, 0.15) is 51.8 Å². The largest absolute Gasteiger partial charge is 0.301 e. The third-order valence-electron chi connectivity index (χ3n) is 3.49. The van der Waals surface area contributed by atoms with Crippen molar-refractivity contribution in [3.05, 3.63) is 11.1 Å². The van der Waals surface area contributed by atoms with E-state index in [0.29, 0.717) is 11.2 Å². The number of halogens is 1. The van der Waals surface area contributed by atoms with Gasteiger partial charge in [0, 0.05) is 12.5 Å². The van der Waals surface area contributed by atoms with Gasteiger partial charge in [-0.1, -0.05) is 27.2 Å². The molecule has 90 valence electrons. The van der Waals surface area contributed by atoms with Crippen molar-refractivity contribution in [2.75, 3.05) is 0 Å². The van der Waals surface area contributed by atoms with Crippen molar-refractivity contribution in [2.24, 2.45) is 11.8 Å². The molecule has 2 rings (SSSR count). The van der Waals surface area contributed by atoms with Crippen LogP contribution >= 0.6 is 11.6 Å². The summed E-state index contributed by atoms with van der Waals surface area (Å²) in [6.45, 7) is 7.59. The molecule has 1 heterocycles. The average molecular weight is 242 g/mol. The van der Waals surface area contributed by atoms with Crippen LogP contribution < -0.4 is 0 Å². The molecule has 1 saturated carbocycles. The van der Waals surface area contributed by atoms with Crippen molar-refractivity contribution in [3.63, 3.8) is 0 Å². The zero-order chi connectivity index (χ0) is 11.7. The van der Waals surface area contributed by atoms with E-state index in [2.05, 4.69) is 35.5 Å². The molecular weight excluding hydrogens is 222 g/mol. The standard InChI is InChI=1S/C12H20ClN3/c1-8(2)11-14-15-12(13)16(11)7-10-5-4-9(3)6-10/h8-10H,4-7H2,1-3H3. The van der Waals surface area contributed by atoms with Crippen LogP contribution in [0.3, 0.4) is 0 Å². The van der Waals surface area contributed by atoms with Gasteiger partial charge in [0.25, 0.3) is 0 Å². The lowest BCUT2D eigenvalue weighted by Gasteiger charge is -2.14. The number of aromatic nitrogens is 3. The SMILES string of the molecule is CC1CCC(Cn2c(Cl)nnc2C(C)C)C1. The Kier molecular flexibility index (Phi) is 3.53. The van der Waals surface area contributed by atoms with E-state index in [9.17, 15) is 0 Å². The molecule has 0 N–H and O–H groups in total. The van der Waals surface area contributed by atoms with Crippen LogP contribution in [-0.2, 0) is 6.54 Å². The van der Waals surface area contributed by atoms with Crippen molar-refractivity contribution in [2.45, 2.75) is 52.5 Å². The number of hydrogen-bond donors (Lipinski definition) is 0. The topological polar surface area (TPSA) is 30.7 Å². The Morgan fingerprint density at radius 3 is 2.69 bits per heavy atom. The van der Waals surface area contributed by atoms with Gasteiger partial charge < -0.3 is 4.57 Å². The van der Waals surface area contributed by atoms with Gasteiger partial charge in [0.05, 0.1) is 0 Å². The van der Waals surface area contributed by atoms with Crippen molar-refractivity contribution in [3.8, 4) is 0 Å². The van der Waals surface area contributed by atoms with Gasteiger partial charge in [0.2, 0.25) is 5.28 Å². The van der Waals surface area contributed by atoms with Crippen molar-refractivity contribution in [1.29, 1.82) is 0 Å². The summed E-state index contributed by atoms with van der Waals surface area (Å²) in [6, 6.07) is 0. The van der Waals surface area contributed by atoms with Crippen LogP contribution in [0.4, 0.5) is 0 Å². The van der Waals surface area contributed by atoms with E-state index < -0.39 is 0 Å². The molecule has 0 radical (unpaired) electrons. The molecule has 2 unspecified atom stereocenters. The second-order valence-corrected chi connectivity index (χ2v) is 5.71. The Morgan fingerprint density at radius 1 is 1.38 bits per heavy atom. The lowest BCUT2D eigenvalue weighted by atomic mass is 10.1. The second kappa shape index (κ2) is 4.74. The molecule has 1 aromatic rings. The van der Waals surface area contributed by atoms with Crippen LogP contribution in [-0.4, -0.2) is 14.8 Å². The smallest absolute Gasteiger partial charge is 0.225 e. The van der Waals surface area contributed by atoms with Gasteiger partial charge in [-0.25, -0.2) is 0 Å². The van der Waals surface area contributed by atoms with E-state index >= 15 is 0 Å². The van der Waals surface area contributed by atoms with Crippen LogP contribution in [0, 0.1) is 11.8 Å². The van der Waals surface area contributed by atoms with E-state index in [4.69, 9.17) is 11.6 Å². The fraction of sp³-hybridized carbons (Fsp3) is 0.833. The third-order valence-corrected chi connectivity index (χ3v) is 3.77. The minimum atomic E-state index is 0.388. The summed E-state index contributed by atoms with van der Waals surface area (Å²) in [5.74, 6) is 3.02. The predicted octanol–water partition coefficient (Wildman–Crippen LogP) is 3.49. The molecule has 3 nitrogen and oxygen atoms in total. The molecule has 1 fully saturated rings. The maximum Gasteiger partial charge on any atom is 0.225 e. The van der Waals surface area contributed by atoms with Gasteiger partial charge in [-0.3, -0.25) is 0 Å². The molecule has 0 amide bonds. The fourth-order valence-electron chi connectivity index (χ4n) is 2.64. The Hall–Kier alpha value is -0.570. The summed E-state index contributed by atoms with van der Waals surface area (Å²) in [4.78, 5) is 0. The van der Waals surface area contributed by atoms with Crippen molar-refractivity contribution >= 4 is 11.6 Å². The van der Waals surface area contributed by atoms with Crippen LogP contribution in [0.25, 0.3) is 0 Å². The summed E-state index contributed by atoms with van der Waals surface area (Å²) in [6.07, 6.45) is 3.97. The molecular formula is C12H20ClN3. The van der Waals surface area contributed by atoms with Crippen molar-refractivity contribution < 1.29 is 0 Å². The normalized spacial score (nSPS) is 25.6. The highest BCUT2D eigenvalue weighted by atomic mass is 35.5. The Labute approximate surface area is 102 Å². The molecule has 4 heteroatoms. The van der Waals surface area contributed by atoms with E-state index in [1.165, 1.54) is 19.3 Å². The van der Waals surface area contributed by atoms with Gasteiger partial charge in [-0.05, 0) is 36.3 Å². The first kappa shape index (κ1) is 11.9. The maximum atomic E-state index is 6.09. The zero-order valence-electron chi connectivity index (χ0n) is 10.3. The summed E-state index contributed by atoms with van der Waals surface area (Å²) < 4.78 is 2.09. The minimum Gasteiger partial charge on any atom is -0.301 e. The second-order valence-electron chi connectivity index (χ2n) is 5.38. The molecule has 0 saturated heterocycles. The summed E-state index contributed by atoms with van der Waals surface area (Å²) in [5, 5.41) is 8.68. The van der Waals surface area contributed by atoms with E-state index in [0.717, 1.165) is 24.2 Å².